The number of anilines is 2. The van der Waals surface area contributed by atoms with Crippen molar-refractivity contribution in [2.75, 3.05) is 43.5 Å². The van der Waals surface area contributed by atoms with E-state index in [0.717, 1.165) is 5.69 Å². The SMILES string of the molecule is COc1ccc(S(=O)(=O)N2CCN(c3cccc(C)c3C)CC2)cc1NC(=O)c1ccccc1F. The van der Waals surface area contributed by atoms with Crippen LogP contribution >= 0.6 is 0 Å². The number of halogens is 1. The third kappa shape index (κ3) is 5.01. The van der Waals surface area contributed by atoms with Crippen LogP contribution in [-0.4, -0.2) is 51.9 Å². The lowest BCUT2D eigenvalue weighted by molar-refractivity contribution is 0.102. The molecule has 184 valence electrons. The number of aryl methyl sites for hydroxylation is 1. The van der Waals surface area contributed by atoms with E-state index in [0.29, 0.717) is 26.2 Å². The normalized spacial score (nSPS) is 14.6. The van der Waals surface area contributed by atoms with Crippen LogP contribution in [0.15, 0.2) is 65.6 Å². The van der Waals surface area contributed by atoms with Gasteiger partial charge in [0, 0.05) is 31.9 Å². The molecule has 1 fully saturated rings. The summed E-state index contributed by atoms with van der Waals surface area (Å²) in [5.74, 6) is -1.10. The average Bonchev–Trinajstić information content (AvgIpc) is 2.86. The standard InChI is InChI=1S/C26H28FN3O4S/c1-18-7-6-10-24(19(18)2)29-13-15-30(16-14-29)35(32,33)20-11-12-25(34-3)23(17-20)28-26(31)21-8-4-5-9-22(21)27/h4-12,17H,13-16H2,1-3H3,(H,28,31). The number of carbonyl (C=O) groups excluding carboxylic acids is 1. The van der Waals surface area contributed by atoms with Gasteiger partial charge >= 0.3 is 0 Å². The highest BCUT2D eigenvalue weighted by atomic mass is 32.2. The summed E-state index contributed by atoms with van der Waals surface area (Å²) in [7, 11) is -2.40. The van der Waals surface area contributed by atoms with Gasteiger partial charge in [0.05, 0.1) is 23.3 Å². The van der Waals surface area contributed by atoms with E-state index in [9.17, 15) is 17.6 Å². The van der Waals surface area contributed by atoms with Gasteiger partial charge in [-0.2, -0.15) is 4.31 Å². The lowest BCUT2D eigenvalue weighted by Gasteiger charge is -2.36. The molecule has 3 aromatic carbocycles. The molecule has 0 aliphatic carbocycles. The second-order valence-electron chi connectivity index (χ2n) is 8.41. The minimum Gasteiger partial charge on any atom is -0.495 e. The van der Waals surface area contributed by atoms with E-state index in [2.05, 4.69) is 36.2 Å². The maximum Gasteiger partial charge on any atom is 0.258 e. The quantitative estimate of drug-likeness (QED) is 0.552. The zero-order valence-corrected chi connectivity index (χ0v) is 20.7. The Morgan fingerprint density at radius 3 is 2.37 bits per heavy atom. The van der Waals surface area contributed by atoms with Crippen LogP contribution in [0, 0.1) is 19.7 Å². The lowest BCUT2D eigenvalue weighted by Crippen LogP contribution is -2.48. The summed E-state index contributed by atoms with van der Waals surface area (Å²) in [4.78, 5) is 14.8. The molecule has 1 saturated heterocycles. The van der Waals surface area contributed by atoms with Crippen molar-refractivity contribution in [2.45, 2.75) is 18.7 Å². The van der Waals surface area contributed by atoms with Crippen molar-refractivity contribution >= 4 is 27.3 Å². The Labute approximate surface area is 205 Å². The maximum absolute atomic E-state index is 14.0. The van der Waals surface area contributed by atoms with Crippen LogP contribution in [0.5, 0.6) is 5.75 Å². The molecule has 4 rings (SSSR count). The first kappa shape index (κ1) is 24.7. The number of rotatable bonds is 6. The van der Waals surface area contributed by atoms with Gasteiger partial charge in [0.1, 0.15) is 11.6 Å². The average molecular weight is 498 g/mol. The van der Waals surface area contributed by atoms with E-state index in [1.165, 1.54) is 58.9 Å². The number of hydrogen-bond donors (Lipinski definition) is 1. The van der Waals surface area contributed by atoms with Gasteiger partial charge in [0.2, 0.25) is 10.0 Å². The molecule has 0 saturated carbocycles. The Morgan fingerprint density at radius 1 is 0.971 bits per heavy atom. The third-order valence-electron chi connectivity index (χ3n) is 6.33. The van der Waals surface area contributed by atoms with Crippen molar-refractivity contribution in [1.82, 2.24) is 4.31 Å². The molecule has 3 aromatic rings. The number of nitrogens with one attached hydrogen (secondary N) is 1. The highest BCUT2D eigenvalue weighted by Gasteiger charge is 2.30. The van der Waals surface area contributed by atoms with Crippen LogP contribution < -0.4 is 15.0 Å². The number of hydrogen-bond acceptors (Lipinski definition) is 5. The first-order valence-corrected chi connectivity index (χ1v) is 12.7. The Morgan fingerprint density at radius 2 is 1.69 bits per heavy atom. The molecule has 35 heavy (non-hydrogen) atoms. The van der Waals surface area contributed by atoms with E-state index >= 15 is 0 Å². The first-order valence-electron chi connectivity index (χ1n) is 11.3. The lowest BCUT2D eigenvalue weighted by atomic mass is 10.1. The number of ether oxygens (including phenoxy) is 1. The molecule has 0 aromatic heterocycles. The fourth-order valence-electron chi connectivity index (χ4n) is 4.18. The van der Waals surface area contributed by atoms with Crippen LogP contribution in [0.3, 0.4) is 0 Å². The van der Waals surface area contributed by atoms with Crippen molar-refractivity contribution in [3.63, 3.8) is 0 Å². The summed E-state index contributed by atoms with van der Waals surface area (Å²) in [6, 6.07) is 16.0. The predicted molar refractivity (Wildman–Crippen MR) is 134 cm³/mol. The van der Waals surface area contributed by atoms with Gasteiger partial charge in [-0.25, -0.2) is 12.8 Å². The first-order chi connectivity index (χ1) is 16.7. The molecule has 0 unspecified atom stereocenters. The fraction of sp³-hybridized carbons (Fsp3) is 0.269. The van der Waals surface area contributed by atoms with Crippen LogP contribution in [0.4, 0.5) is 15.8 Å². The molecule has 9 heteroatoms. The van der Waals surface area contributed by atoms with E-state index in [1.54, 1.807) is 6.07 Å². The monoisotopic (exact) mass is 497 g/mol. The van der Waals surface area contributed by atoms with E-state index in [4.69, 9.17) is 4.74 Å². The van der Waals surface area contributed by atoms with Crippen molar-refractivity contribution in [3.8, 4) is 5.75 Å². The molecule has 1 heterocycles. The van der Waals surface area contributed by atoms with Crippen molar-refractivity contribution < 1.29 is 22.3 Å². The van der Waals surface area contributed by atoms with Gasteiger partial charge in [-0.15, -0.1) is 0 Å². The van der Waals surface area contributed by atoms with Crippen LogP contribution in [0.1, 0.15) is 21.5 Å². The molecule has 1 amide bonds. The summed E-state index contributed by atoms with van der Waals surface area (Å²) >= 11 is 0. The van der Waals surface area contributed by atoms with Gasteiger partial charge in [-0.05, 0) is 61.4 Å². The topological polar surface area (TPSA) is 79.0 Å². The van der Waals surface area contributed by atoms with Gasteiger partial charge in [-0.3, -0.25) is 4.79 Å². The number of benzene rings is 3. The number of carbonyl (C=O) groups is 1. The smallest absolute Gasteiger partial charge is 0.258 e. The minimum absolute atomic E-state index is 0.0299. The van der Waals surface area contributed by atoms with Crippen molar-refractivity contribution in [1.29, 1.82) is 0 Å². The molecule has 0 bridgehead atoms. The maximum atomic E-state index is 14.0. The molecular weight excluding hydrogens is 469 g/mol. The highest BCUT2D eigenvalue weighted by molar-refractivity contribution is 7.89. The number of amides is 1. The van der Waals surface area contributed by atoms with Crippen LogP contribution in [0.2, 0.25) is 0 Å². The van der Waals surface area contributed by atoms with Gasteiger partial charge in [0.15, 0.2) is 0 Å². The van der Waals surface area contributed by atoms with Crippen molar-refractivity contribution in [2.24, 2.45) is 0 Å². The van der Waals surface area contributed by atoms with Crippen LogP contribution in [-0.2, 0) is 10.0 Å². The number of nitrogens with zero attached hydrogens (tertiary/aromatic N) is 2. The molecule has 0 radical (unpaired) electrons. The summed E-state index contributed by atoms with van der Waals surface area (Å²) in [6.45, 7) is 5.93. The Hall–Kier alpha value is -3.43. The summed E-state index contributed by atoms with van der Waals surface area (Å²) in [6.07, 6.45) is 0. The predicted octanol–water partition coefficient (Wildman–Crippen LogP) is 4.21. The van der Waals surface area contributed by atoms with Crippen LogP contribution in [0.25, 0.3) is 0 Å². The summed E-state index contributed by atoms with van der Waals surface area (Å²) < 4.78 is 47.6. The van der Waals surface area contributed by atoms with Gasteiger partial charge in [0.25, 0.3) is 5.91 Å². The molecular formula is C26H28FN3O4S. The van der Waals surface area contributed by atoms with Gasteiger partial charge in [-0.1, -0.05) is 24.3 Å². The number of sulfonamides is 1. The fourth-order valence-corrected chi connectivity index (χ4v) is 5.63. The minimum atomic E-state index is -3.82. The third-order valence-corrected chi connectivity index (χ3v) is 8.23. The summed E-state index contributed by atoms with van der Waals surface area (Å²) in [5, 5.41) is 2.58. The Kier molecular flexibility index (Phi) is 7.09. The molecule has 1 aliphatic heterocycles. The van der Waals surface area contributed by atoms with Crippen molar-refractivity contribution in [3.05, 3.63) is 83.2 Å². The zero-order chi connectivity index (χ0) is 25.2. The zero-order valence-electron chi connectivity index (χ0n) is 19.9. The van der Waals surface area contributed by atoms with Gasteiger partial charge < -0.3 is 15.0 Å². The second-order valence-corrected chi connectivity index (χ2v) is 10.3. The molecule has 0 atom stereocenters. The summed E-state index contributed by atoms with van der Waals surface area (Å²) in [5.41, 5.74) is 3.50. The van der Waals surface area contributed by atoms with E-state index in [1.807, 2.05) is 6.07 Å². The molecule has 1 N–H and O–H groups in total. The second kappa shape index (κ2) is 10.1. The Balaban J connectivity index is 1.54. The largest absolute Gasteiger partial charge is 0.495 e. The van der Waals surface area contributed by atoms with E-state index in [-0.39, 0.29) is 21.9 Å². The number of methoxy groups -OCH3 is 1. The molecule has 0 spiro atoms. The Bertz CT molecular complexity index is 1350. The molecule has 1 aliphatic rings. The number of piperazine rings is 1. The molecule has 7 nitrogen and oxygen atoms in total. The highest BCUT2D eigenvalue weighted by Crippen LogP contribution is 2.31. The van der Waals surface area contributed by atoms with E-state index < -0.39 is 21.7 Å².